The Balaban J connectivity index is 2.17. The van der Waals surface area contributed by atoms with E-state index >= 15 is 0 Å². The Hall–Kier alpha value is -0.990. The Kier molecular flexibility index (Phi) is 4.77. The number of nitrogens with two attached hydrogens (primary N) is 1. The predicted molar refractivity (Wildman–Crippen MR) is 80.2 cm³/mol. The van der Waals surface area contributed by atoms with E-state index in [9.17, 15) is 8.42 Å². The number of rotatable bonds is 5. The average Bonchev–Trinajstić information content (AvgIpc) is 2.83. The number of nitrogens with zero attached hydrogens (tertiary/aromatic N) is 1. The Morgan fingerprint density at radius 1 is 1.45 bits per heavy atom. The molecule has 0 unspecified atom stereocenters. The van der Waals surface area contributed by atoms with Gasteiger partial charge in [0.25, 0.3) is 0 Å². The van der Waals surface area contributed by atoms with Gasteiger partial charge >= 0.3 is 0 Å². The average molecular weight is 332 g/mol. The van der Waals surface area contributed by atoms with Crippen molar-refractivity contribution in [2.45, 2.75) is 24.9 Å². The van der Waals surface area contributed by atoms with Crippen LogP contribution in [0.15, 0.2) is 29.3 Å². The first-order valence-electron chi connectivity index (χ1n) is 5.82. The first-order valence-corrected chi connectivity index (χ1v) is 8.49. The van der Waals surface area contributed by atoms with Gasteiger partial charge in [-0.25, -0.2) is 18.1 Å². The highest BCUT2D eigenvalue weighted by molar-refractivity contribution is 7.89. The van der Waals surface area contributed by atoms with E-state index in [2.05, 4.69) is 9.71 Å². The standard InChI is InChI=1S/C12H14ClN3O2S2/c1-8-15-6-10(19-8)7-16-20(17,18)11-2-3-12(13)9(4-11)5-14/h2-4,6,16H,5,7,14H2,1H3. The van der Waals surface area contributed by atoms with Gasteiger partial charge in [-0.15, -0.1) is 11.3 Å². The molecule has 0 aliphatic rings. The molecule has 20 heavy (non-hydrogen) atoms. The quantitative estimate of drug-likeness (QED) is 0.878. The molecular formula is C12H14ClN3O2S2. The van der Waals surface area contributed by atoms with Crippen molar-refractivity contribution in [3.8, 4) is 0 Å². The maximum atomic E-state index is 12.2. The monoisotopic (exact) mass is 331 g/mol. The minimum atomic E-state index is -3.58. The van der Waals surface area contributed by atoms with E-state index in [-0.39, 0.29) is 18.0 Å². The zero-order valence-electron chi connectivity index (χ0n) is 10.8. The summed E-state index contributed by atoms with van der Waals surface area (Å²) in [5, 5.41) is 1.36. The molecule has 0 amide bonds. The second-order valence-electron chi connectivity index (χ2n) is 4.13. The number of nitrogens with one attached hydrogen (secondary N) is 1. The van der Waals surface area contributed by atoms with Gasteiger partial charge in [-0.05, 0) is 30.7 Å². The molecule has 8 heteroatoms. The van der Waals surface area contributed by atoms with Crippen molar-refractivity contribution in [1.82, 2.24) is 9.71 Å². The molecule has 108 valence electrons. The van der Waals surface area contributed by atoms with E-state index in [4.69, 9.17) is 17.3 Å². The third kappa shape index (κ3) is 3.56. The van der Waals surface area contributed by atoms with E-state index < -0.39 is 10.0 Å². The number of benzene rings is 1. The van der Waals surface area contributed by atoms with E-state index in [1.165, 1.54) is 29.5 Å². The highest BCUT2D eigenvalue weighted by Gasteiger charge is 2.15. The van der Waals surface area contributed by atoms with Gasteiger partial charge in [0.05, 0.1) is 9.90 Å². The SMILES string of the molecule is Cc1ncc(CNS(=O)(=O)c2ccc(Cl)c(CN)c2)s1. The van der Waals surface area contributed by atoms with Crippen LogP contribution in [0.1, 0.15) is 15.4 Å². The summed E-state index contributed by atoms with van der Waals surface area (Å²) in [6.07, 6.45) is 1.66. The topological polar surface area (TPSA) is 85.1 Å². The van der Waals surface area contributed by atoms with Gasteiger partial charge < -0.3 is 5.73 Å². The number of sulfonamides is 1. The third-order valence-corrected chi connectivity index (χ3v) is 5.33. The van der Waals surface area contributed by atoms with Crippen molar-refractivity contribution in [2.24, 2.45) is 5.73 Å². The summed E-state index contributed by atoms with van der Waals surface area (Å²) in [5.74, 6) is 0. The van der Waals surface area contributed by atoms with Crippen LogP contribution >= 0.6 is 22.9 Å². The molecule has 0 atom stereocenters. The molecule has 2 aromatic rings. The van der Waals surface area contributed by atoms with Crippen LogP contribution in [0.4, 0.5) is 0 Å². The van der Waals surface area contributed by atoms with Gasteiger partial charge in [-0.2, -0.15) is 0 Å². The van der Waals surface area contributed by atoms with Crippen molar-refractivity contribution >= 4 is 33.0 Å². The molecule has 1 heterocycles. The summed E-state index contributed by atoms with van der Waals surface area (Å²) < 4.78 is 26.9. The number of halogens is 1. The van der Waals surface area contributed by atoms with Crippen LogP contribution in [0.3, 0.4) is 0 Å². The second kappa shape index (κ2) is 6.19. The maximum absolute atomic E-state index is 12.2. The summed E-state index contributed by atoms with van der Waals surface area (Å²) in [5.41, 5.74) is 6.12. The molecular weight excluding hydrogens is 318 g/mol. The Morgan fingerprint density at radius 3 is 2.80 bits per heavy atom. The number of hydrogen-bond donors (Lipinski definition) is 2. The lowest BCUT2D eigenvalue weighted by atomic mass is 10.2. The molecule has 0 radical (unpaired) electrons. The first kappa shape index (κ1) is 15.4. The molecule has 2 rings (SSSR count). The van der Waals surface area contributed by atoms with Crippen molar-refractivity contribution in [2.75, 3.05) is 0 Å². The zero-order valence-corrected chi connectivity index (χ0v) is 13.1. The predicted octanol–water partition coefficient (Wildman–Crippen LogP) is 2.04. The number of hydrogen-bond acceptors (Lipinski definition) is 5. The van der Waals surface area contributed by atoms with Crippen LogP contribution < -0.4 is 10.5 Å². The smallest absolute Gasteiger partial charge is 0.240 e. The minimum absolute atomic E-state index is 0.156. The lowest BCUT2D eigenvalue weighted by Gasteiger charge is -2.08. The van der Waals surface area contributed by atoms with Gasteiger partial charge in [0.1, 0.15) is 0 Å². The van der Waals surface area contributed by atoms with Crippen LogP contribution in [0.25, 0.3) is 0 Å². The van der Waals surface area contributed by atoms with Crippen LogP contribution in [-0.2, 0) is 23.1 Å². The molecule has 0 fully saturated rings. The van der Waals surface area contributed by atoms with Crippen LogP contribution in [0, 0.1) is 6.92 Å². The Bertz CT molecular complexity index is 713. The van der Waals surface area contributed by atoms with Crippen LogP contribution in [-0.4, -0.2) is 13.4 Å². The van der Waals surface area contributed by atoms with E-state index in [0.29, 0.717) is 10.6 Å². The molecule has 3 N–H and O–H groups in total. The molecule has 0 aliphatic heterocycles. The molecule has 0 bridgehead atoms. The summed E-state index contributed by atoms with van der Waals surface area (Å²) in [6.45, 7) is 2.28. The van der Waals surface area contributed by atoms with Gasteiger partial charge in [0.2, 0.25) is 10.0 Å². The van der Waals surface area contributed by atoms with E-state index in [1.807, 2.05) is 6.92 Å². The van der Waals surface area contributed by atoms with Crippen molar-refractivity contribution in [3.05, 3.63) is 44.9 Å². The number of aromatic nitrogens is 1. The molecule has 5 nitrogen and oxygen atoms in total. The molecule has 0 saturated carbocycles. The second-order valence-corrected chi connectivity index (χ2v) is 7.62. The molecule has 0 saturated heterocycles. The first-order chi connectivity index (χ1) is 9.42. The minimum Gasteiger partial charge on any atom is -0.326 e. The molecule has 1 aromatic heterocycles. The highest BCUT2D eigenvalue weighted by atomic mass is 35.5. The van der Waals surface area contributed by atoms with Gasteiger partial charge in [0.15, 0.2) is 0 Å². The van der Waals surface area contributed by atoms with Crippen molar-refractivity contribution < 1.29 is 8.42 Å². The van der Waals surface area contributed by atoms with Crippen molar-refractivity contribution in [3.63, 3.8) is 0 Å². The lowest BCUT2D eigenvalue weighted by Crippen LogP contribution is -2.23. The normalized spacial score (nSPS) is 11.8. The molecule has 0 spiro atoms. The maximum Gasteiger partial charge on any atom is 0.240 e. The van der Waals surface area contributed by atoms with Crippen LogP contribution in [0.5, 0.6) is 0 Å². The summed E-state index contributed by atoms with van der Waals surface area (Å²) in [4.78, 5) is 5.10. The summed E-state index contributed by atoms with van der Waals surface area (Å²) >= 11 is 7.37. The van der Waals surface area contributed by atoms with Crippen LogP contribution in [0.2, 0.25) is 5.02 Å². The Labute approximate surface area is 126 Å². The highest BCUT2D eigenvalue weighted by Crippen LogP contribution is 2.20. The molecule has 1 aromatic carbocycles. The fourth-order valence-electron chi connectivity index (χ4n) is 1.61. The van der Waals surface area contributed by atoms with Crippen molar-refractivity contribution in [1.29, 1.82) is 0 Å². The fourth-order valence-corrected chi connectivity index (χ4v) is 3.69. The van der Waals surface area contributed by atoms with Gasteiger partial charge in [0, 0.05) is 29.2 Å². The summed E-state index contributed by atoms with van der Waals surface area (Å²) in [7, 11) is -3.58. The zero-order chi connectivity index (χ0) is 14.8. The van der Waals surface area contributed by atoms with Gasteiger partial charge in [-0.1, -0.05) is 11.6 Å². The molecule has 0 aliphatic carbocycles. The summed E-state index contributed by atoms with van der Waals surface area (Å²) in [6, 6.07) is 4.49. The Morgan fingerprint density at radius 2 is 2.20 bits per heavy atom. The fraction of sp³-hybridized carbons (Fsp3) is 0.250. The van der Waals surface area contributed by atoms with E-state index in [1.54, 1.807) is 6.20 Å². The third-order valence-electron chi connectivity index (χ3n) is 2.65. The number of thiazole rings is 1. The van der Waals surface area contributed by atoms with E-state index in [0.717, 1.165) is 9.88 Å². The largest absolute Gasteiger partial charge is 0.326 e. The number of aryl methyl sites for hydroxylation is 1. The van der Waals surface area contributed by atoms with Gasteiger partial charge in [-0.3, -0.25) is 0 Å². The lowest BCUT2D eigenvalue weighted by molar-refractivity contribution is 0.581.